The van der Waals surface area contributed by atoms with Crippen LogP contribution in [0.25, 0.3) is 0 Å². The Morgan fingerprint density at radius 3 is 2.22 bits per heavy atom. The second kappa shape index (κ2) is 10.3. The summed E-state index contributed by atoms with van der Waals surface area (Å²) in [6, 6.07) is 15.8. The van der Waals surface area contributed by atoms with Gasteiger partial charge in [-0.3, -0.25) is 9.79 Å². The van der Waals surface area contributed by atoms with Crippen LogP contribution in [0.2, 0.25) is 0 Å². The molecule has 0 spiro atoms. The van der Waals surface area contributed by atoms with E-state index in [0.717, 1.165) is 17.1 Å². The maximum atomic E-state index is 11.9. The predicted molar refractivity (Wildman–Crippen MR) is 109 cm³/mol. The van der Waals surface area contributed by atoms with Gasteiger partial charge in [0.1, 0.15) is 0 Å². The van der Waals surface area contributed by atoms with E-state index in [9.17, 15) is 4.79 Å². The molecule has 0 saturated carbocycles. The SMILES string of the molecule is CN=C(NCc1ccc(C(=O)N(C)C)cc1)NCc1ccccc1COC. The van der Waals surface area contributed by atoms with E-state index in [1.54, 1.807) is 33.2 Å². The summed E-state index contributed by atoms with van der Waals surface area (Å²) in [5.41, 5.74) is 4.09. The molecule has 0 aliphatic rings. The number of amides is 1. The summed E-state index contributed by atoms with van der Waals surface area (Å²) in [6.45, 7) is 1.87. The van der Waals surface area contributed by atoms with Crippen LogP contribution in [-0.4, -0.2) is 45.0 Å². The van der Waals surface area contributed by atoms with Gasteiger partial charge in [-0.05, 0) is 28.8 Å². The number of hydrogen-bond donors (Lipinski definition) is 2. The molecular formula is C21H28N4O2. The maximum Gasteiger partial charge on any atom is 0.253 e. The highest BCUT2D eigenvalue weighted by molar-refractivity contribution is 5.93. The van der Waals surface area contributed by atoms with Gasteiger partial charge in [-0.15, -0.1) is 0 Å². The first-order valence-corrected chi connectivity index (χ1v) is 8.86. The third kappa shape index (κ3) is 6.11. The predicted octanol–water partition coefficient (Wildman–Crippen LogP) is 2.40. The fraction of sp³-hybridized carbons (Fsp3) is 0.333. The van der Waals surface area contributed by atoms with E-state index in [-0.39, 0.29) is 5.91 Å². The molecule has 1 amide bonds. The Balaban J connectivity index is 1.90. The highest BCUT2D eigenvalue weighted by atomic mass is 16.5. The van der Waals surface area contributed by atoms with Crippen molar-refractivity contribution in [1.82, 2.24) is 15.5 Å². The highest BCUT2D eigenvalue weighted by Crippen LogP contribution is 2.10. The van der Waals surface area contributed by atoms with Gasteiger partial charge in [0.25, 0.3) is 5.91 Å². The zero-order valence-electron chi connectivity index (χ0n) is 16.5. The number of methoxy groups -OCH3 is 1. The fourth-order valence-corrected chi connectivity index (χ4v) is 2.63. The molecule has 0 aliphatic carbocycles. The Labute approximate surface area is 161 Å². The van der Waals surface area contributed by atoms with Crippen molar-refractivity contribution >= 4 is 11.9 Å². The number of nitrogens with zero attached hydrogens (tertiary/aromatic N) is 2. The molecule has 0 radical (unpaired) electrons. The summed E-state index contributed by atoms with van der Waals surface area (Å²) in [4.78, 5) is 17.8. The second-order valence-corrected chi connectivity index (χ2v) is 6.38. The molecule has 0 heterocycles. The van der Waals surface area contributed by atoms with Crippen molar-refractivity contribution in [3.05, 3.63) is 70.8 Å². The Bertz CT molecular complexity index is 770. The molecule has 27 heavy (non-hydrogen) atoms. The van der Waals surface area contributed by atoms with Gasteiger partial charge in [-0.2, -0.15) is 0 Å². The van der Waals surface area contributed by atoms with Crippen molar-refractivity contribution in [2.24, 2.45) is 4.99 Å². The third-order valence-corrected chi connectivity index (χ3v) is 4.16. The highest BCUT2D eigenvalue weighted by Gasteiger charge is 2.07. The van der Waals surface area contributed by atoms with Crippen LogP contribution >= 0.6 is 0 Å². The number of benzene rings is 2. The second-order valence-electron chi connectivity index (χ2n) is 6.38. The summed E-state index contributed by atoms with van der Waals surface area (Å²) >= 11 is 0. The maximum absolute atomic E-state index is 11.9. The molecule has 0 unspecified atom stereocenters. The average molecular weight is 368 g/mol. The van der Waals surface area contributed by atoms with Crippen LogP contribution in [0.1, 0.15) is 27.0 Å². The smallest absolute Gasteiger partial charge is 0.253 e. The van der Waals surface area contributed by atoms with Crippen LogP contribution in [0.15, 0.2) is 53.5 Å². The van der Waals surface area contributed by atoms with Crippen molar-refractivity contribution in [1.29, 1.82) is 0 Å². The van der Waals surface area contributed by atoms with Crippen LogP contribution in [0, 0.1) is 0 Å². The van der Waals surface area contributed by atoms with Gasteiger partial charge in [0.15, 0.2) is 5.96 Å². The molecule has 0 bridgehead atoms. The van der Waals surface area contributed by atoms with Gasteiger partial charge in [0, 0.05) is 46.9 Å². The standard InChI is InChI=1S/C21H28N4O2/c1-22-21(24-14-18-7-5-6-8-19(18)15-27-4)23-13-16-9-11-17(12-10-16)20(26)25(2)3/h5-12H,13-15H2,1-4H3,(H2,22,23,24). The number of hydrogen-bond acceptors (Lipinski definition) is 3. The number of guanidine groups is 1. The lowest BCUT2D eigenvalue weighted by atomic mass is 10.1. The Morgan fingerprint density at radius 2 is 1.63 bits per heavy atom. The van der Waals surface area contributed by atoms with Gasteiger partial charge in [0.2, 0.25) is 0 Å². The van der Waals surface area contributed by atoms with Crippen molar-refractivity contribution in [2.75, 3.05) is 28.3 Å². The molecule has 0 atom stereocenters. The molecule has 2 aromatic carbocycles. The first-order chi connectivity index (χ1) is 13.0. The molecule has 144 valence electrons. The van der Waals surface area contributed by atoms with Crippen LogP contribution < -0.4 is 10.6 Å². The molecule has 0 aromatic heterocycles. The van der Waals surface area contributed by atoms with E-state index in [1.807, 2.05) is 36.4 Å². The summed E-state index contributed by atoms with van der Waals surface area (Å²) in [5, 5.41) is 6.61. The van der Waals surface area contributed by atoms with Crippen molar-refractivity contribution < 1.29 is 9.53 Å². The minimum atomic E-state index is 0.00158. The number of ether oxygens (including phenoxy) is 1. The first-order valence-electron chi connectivity index (χ1n) is 8.86. The number of carbonyl (C=O) groups excluding carboxylic acids is 1. The first kappa shape index (κ1) is 20.5. The summed E-state index contributed by atoms with van der Waals surface area (Å²) in [7, 11) is 6.94. The fourth-order valence-electron chi connectivity index (χ4n) is 2.63. The number of nitrogens with one attached hydrogen (secondary N) is 2. The molecule has 2 aromatic rings. The Morgan fingerprint density at radius 1 is 1.00 bits per heavy atom. The average Bonchev–Trinajstić information content (AvgIpc) is 2.69. The van der Waals surface area contributed by atoms with E-state index >= 15 is 0 Å². The van der Waals surface area contributed by atoms with E-state index in [0.29, 0.717) is 25.3 Å². The number of rotatable bonds is 7. The van der Waals surface area contributed by atoms with Crippen molar-refractivity contribution in [2.45, 2.75) is 19.7 Å². The van der Waals surface area contributed by atoms with Gasteiger partial charge >= 0.3 is 0 Å². The van der Waals surface area contributed by atoms with Crippen LogP contribution in [0.3, 0.4) is 0 Å². The summed E-state index contributed by atoms with van der Waals surface area (Å²) < 4.78 is 5.25. The largest absolute Gasteiger partial charge is 0.380 e. The van der Waals surface area contributed by atoms with E-state index in [2.05, 4.69) is 27.8 Å². The normalized spacial score (nSPS) is 11.2. The van der Waals surface area contributed by atoms with E-state index < -0.39 is 0 Å². The Kier molecular flexibility index (Phi) is 7.82. The zero-order chi connectivity index (χ0) is 19.6. The molecule has 0 aliphatic heterocycles. The van der Waals surface area contributed by atoms with Gasteiger partial charge < -0.3 is 20.3 Å². The van der Waals surface area contributed by atoms with Gasteiger partial charge in [-0.25, -0.2) is 0 Å². The van der Waals surface area contributed by atoms with Crippen molar-refractivity contribution in [3.8, 4) is 0 Å². The molecule has 2 rings (SSSR count). The van der Waals surface area contributed by atoms with Crippen LogP contribution in [-0.2, 0) is 24.4 Å². The van der Waals surface area contributed by atoms with Gasteiger partial charge in [0.05, 0.1) is 6.61 Å². The monoisotopic (exact) mass is 368 g/mol. The molecule has 2 N–H and O–H groups in total. The van der Waals surface area contributed by atoms with E-state index in [1.165, 1.54) is 5.56 Å². The van der Waals surface area contributed by atoms with Crippen LogP contribution in [0.5, 0.6) is 0 Å². The lowest BCUT2D eigenvalue weighted by Gasteiger charge is -2.14. The topological polar surface area (TPSA) is 66.0 Å². The zero-order valence-corrected chi connectivity index (χ0v) is 16.5. The Hall–Kier alpha value is -2.86. The van der Waals surface area contributed by atoms with Crippen LogP contribution in [0.4, 0.5) is 0 Å². The minimum absolute atomic E-state index is 0.00158. The summed E-state index contributed by atoms with van der Waals surface area (Å²) in [5.74, 6) is 0.720. The quantitative estimate of drug-likeness (QED) is 0.582. The minimum Gasteiger partial charge on any atom is -0.380 e. The molecule has 0 fully saturated rings. The molecule has 6 nitrogen and oxygen atoms in total. The van der Waals surface area contributed by atoms with Gasteiger partial charge in [-0.1, -0.05) is 36.4 Å². The summed E-state index contributed by atoms with van der Waals surface area (Å²) in [6.07, 6.45) is 0. The molecule has 0 saturated heterocycles. The third-order valence-electron chi connectivity index (χ3n) is 4.16. The number of aliphatic imine (C=N–C) groups is 1. The van der Waals surface area contributed by atoms with Crippen molar-refractivity contribution in [3.63, 3.8) is 0 Å². The molecule has 6 heteroatoms. The number of carbonyl (C=O) groups is 1. The lowest BCUT2D eigenvalue weighted by Crippen LogP contribution is -2.36. The van der Waals surface area contributed by atoms with E-state index in [4.69, 9.17) is 4.74 Å². The molecular weight excluding hydrogens is 340 g/mol. The lowest BCUT2D eigenvalue weighted by molar-refractivity contribution is 0.0827.